The van der Waals surface area contributed by atoms with Crippen molar-refractivity contribution in [2.75, 3.05) is 0 Å². The van der Waals surface area contributed by atoms with Crippen LogP contribution in [0.15, 0.2) is 133 Å². The summed E-state index contributed by atoms with van der Waals surface area (Å²) in [7, 11) is -1.96. The van der Waals surface area contributed by atoms with E-state index in [0.717, 1.165) is 5.56 Å². The van der Waals surface area contributed by atoms with Gasteiger partial charge in [-0.2, -0.15) is 0 Å². The molecule has 2 heteroatoms. The van der Waals surface area contributed by atoms with E-state index in [-0.39, 0.29) is 17.0 Å². The Labute approximate surface area is 184 Å². The van der Waals surface area contributed by atoms with E-state index in [1.807, 2.05) is 6.07 Å². The van der Waals surface area contributed by atoms with Crippen LogP contribution in [0.25, 0.3) is 6.08 Å². The second kappa shape index (κ2) is 10.2. The van der Waals surface area contributed by atoms with E-state index in [1.165, 1.54) is 15.9 Å². The van der Waals surface area contributed by atoms with E-state index in [2.05, 4.69) is 133 Å². The Morgan fingerprint density at radius 1 is 0.483 bits per heavy atom. The van der Waals surface area contributed by atoms with E-state index in [4.69, 9.17) is 0 Å². The van der Waals surface area contributed by atoms with Crippen molar-refractivity contribution in [3.63, 3.8) is 0 Å². The van der Waals surface area contributed by atoms with Crippen LogP contribution >= 0.6 is 7.26 Å². The van der Waals surface area contributed by atoms with E-state index in [9.17, 15) is 0 Å². The summed E-state index contributed by atoms with van der Waals surface area (Å²) in [6, 6.07) is 42.9. The van der Waals surface area contributed by atoms with Crippen LogP contribution in [0, 0.1) is 0 Å². The van der Waals surface area contributed by atoms with Crippen LogP contribution in [-0.2, 0) is 0 Å². The average molecular weight is 457 g/mol. The van der Waals surface area contributed by atoms with Crippen molar-refractivity contribution < 1.29 is 17.0 Å². The van der Waals surface area contributed by atoms with Gasteiger partial charge >= 0.3 is 0 Å². The van der Waals surface area contributed by atoms with Crippen molar-refractivity contribution in [3.8, 4) is 0 Å². The molecule has 4 aromatic carbocycles. The van der Waals surface area contributed by atoms with E-state index < -0.39 is 7.26 Å². The summed E-state index contributed by atoms with van der Waals surface area (Å²) >= 11 is 0. The largest absolute Gasteiger partial charge is 1.00 e. The van der Waals surface area contributed by atoms with Crippen LogP contribution in [0.4, 0.5) is 0 Å². The molecule has 0 spiro atoms. The highest BCUT2D eigenvalue weighted by atomic mass is 79.9. The average Bonchev–Trinajstić information content (AvgIpc) is 2.79. The van der Waals surface area contributed by atoms with Gasteiger partial charge in [0.1, 0.15) is 29.0 Å². The SMILES string of the molecule is C(=Cc1ccccc1)=C[P+](c1ccccc1)(c1ccccc1)c1ccccc1.[Br-]. The molecule has 0 bridgehead atoms. The van der Waals surface area contributed by atoms with E-state index >= 15 is 0 Å². The Morgan fingerprint density at radius 3 is 1.21 bits per heavy atom. The van der Waals surface area contributed by atoms with Crippen LogP contribution in [0.1, 0.15) is 5.56 Å². The second-order valence-electron chi connectivity index (χ2n) is 6.58. The Kier molecular flexibility index (Phi) is 7.39. The summed E-state index contributed by atoms with van der Waals surface area (Å²) in [5.41, 5.74) is 4.70. The fourth-order valence-electron chi connectivity index (χ4n) is 3.45. The van der Waals surface area contributed by atoms with Gasteiger partial charge < -0.3 is 17.0 Å². The highest BCUT2D eigenvalue weighted by molar-refractivity contribution is 7.98. The van der Waals surface area contributed by atoms with Crippen molar-refractivity contribution in [1.82, 2.24) is 0 Å². The molecule has 0 saturated carbocycles. The molecule has 142 valence electrons. The zero-order valence-electron chi connectivity index (χ0n) is 16.0. The normalized spacial score (nSPS) is 10.3. The smallest absolute Gasteiger partial charge is 0.144 e. The molecule has 0 aliphatic carbocycles. The molecule has 0 amide bonds. The third kappa shape index (κ3) is 4.66. The van der Waals surface area contributed by atoms with E-state index in [1.54, 1.807) is 0 Å². The van der Waals surface area contributed by atoms with Crippen LogP contribution in [0.2, 0.25) is 0 Å². The number of halogens is 1. The zero-order chi connectivity index (χ0) is 19.1. The van der Waals surface area contributed by atoms with Gasteiger partial charge in [-0.25, -0.2) is 0 Å². The fraction of sp³-hybridized carbons (Fsp3) is 0. The lowest BCUT2D eigenvalue weighted by Crippen LogP contribution is -3.00. The van der Waals surface area contributed by atoms with Crippen molar-refractivity contribution in [1.29, 1.82) is 0 Å². The highest BCUT2D eigenvalue weighted by Crippen LogP contribution is 2.56. The number of rotatable bonds is 5. The molecule has 0 heterocycles. The van der Waals surface area contributed by atoms with Gasteiger partial charge in [0.15, 0.2) is 0 Å². The van der Waals surface area contributed by atoms with Gasteiger partial charge in [-0.3, -0.25) is 0 Å². The minimum Gasteiger partial charge on any atom is -1.00 e. The lowest BCUT2D eigenvalue weighted by molar-refractivity contribution is -0.00000531. The third-order valence-electron chi connectivity index (χ3n) is 4.81. The maximum Gasteiger partial charge on any atom is 0.144 e. The molecule has 4 rings (SSSR count). The Morgan fingerprint density at radius 2 is 0.828 bits per heavy atom. The number of hydrogen-bond acceptors (Lipinski definition) is 0. The summed E-state index contributed by atoms with van der Waals surface area (Å²) < 4.78 is 0. The maximum atomic E-state index is 3.54. The van der Waals surface area contributed by atoms with Crippen LogP contribution in [0.5, 0.6) is 0 Å². The van der Waals surface area contributed by atoms with Crippen molar-refractivity contribution in [3.05, 3.63) is 138 Å². The Hall–Kier alpha value is -2.69. The van der Waals surface area contributed by atoms with Crippen LogP contribution in [-0.4, -0.2) is 0 Å². The van der Waals surface area contributed by atoms with Gasteiger partial charge in [0.25, 0.3) is 0 Å². The predicted molar refractivity (Wildman–Crippen MR) is 124 cm³/mol. The summed E-state index contributed by atoms with van der Waals surface area (Å²) in [6.45, 7) is 0. The van der Waals surface area contributed by atoms with Crippen LogP contribution < -0.4 is 32.9 Å². The summed E-state index contributed by atoms with van der Waals surface area (Å²) in [5, 5.41) is 4.00. The quantitative estimate of drug-likeness (QED) is 0.320. The first-order valence-electron chi connectivity index (χ1n) is 9.44. The molecule has 0 atom stereocenters. The molecule has 0 aliphatic rings. The molecule has 4 aromatic rings. The molecule has 0 N–H and O–H groups in total. The summed E-state index contributed by atoms with van der Waals surface area (Å²) in [4.78, 5) is 0. The zero-order valence-corrected chi connectivity index (χ0v) is 18.5. The minimum atomic E-state index is -1.96. The monoisotopic (exact) mass is 456 g/mol. The fourth-order valence-corrected chi connectivity index (χ4v) is 7.02. The number of benzene rings is 4. The van der Waals surface area contributed by atoms with Gasteiger partial charge in [-0.1, -0.05) is 90.7 Å². The van der Waals surface area contributed by atoms with Crippen LogP contribution in [0.3, 0.4) is 0 Å². The highest BCUT2D eigenvalue weighted by Gasteiger charge is 2.43. The standard InChI is InChI=1S/C27H22P.BrH/c1-5-14-24(15-6-1)16-13-23-28(25-17-7-2-8-18-25,26-19-9-3-10-20-26)27-21-11-4-12-22-27;/h1-12,14-23H;1H/q+1;/p-1. The lowest BCUT2D eigenvalue weighted by atomic mass is 10.2. The molecule has 0 unspecified atom stereocenters. The van der Waals surface area contributed by atoms with Gasteiger partial charge in [0, 0.05) is 0 Å². The van der Waals surface area contributed by atoms with Gasteiger partial charge in [0.05, 0.1) is 0 Å². The Balaban J connectivity index is 0.00000240. The van der Waals surface area contributed by atoms with Crippen molar-refractivity contribution in [2.45, 2.75) is 0 Å². The third-order valence-corrected chi connectivity index (χ3v) is 8.68. The predicted octanol–water partition coefficient (Wildman–Crippen LogP) is 2.81. The molecule has 0 radical (unpaired) electrons. The molecule has 0 aromatic heterocycles. The maximum absolute atomic E-state index is 3.54. The molecule has 0 aliphatic heterocycles. The van der Waals surface area contributed by atoms with Gasteiger partial charge in [-0.05, 0) is 48.0 Å². The molecular formula is C27H22BrP. The molecule has 29 heavy (non-hydrogen) atoms. The summed E-state index contributed by atoms with van der Waals surface area (Å²) in [5.74, 6) is 2.31. The second-order valence-corrected chi connectivity index (χ2v) is 9.83. The Bertz CT molecular complexity index is 972. The summed E-state index contributed by atoms with van der Waals surface area (Å²) in [6.07, 6.45) is 2.07. The lowest BCUT2D eigenvalue weighted by Gasteiger charge is -2.23. The molecule has 0 saturated heterocycles. The first-order chi connectivity index (χ1) is 13.9. The number of hydrogen-bond donors (Lipinski definition) is 0. The minimum absolute atomic E-state index is 0. The first-order valence-corrected chi connectivity index (χ1v) is 11.3. The van der Waals surface area contributed by atoms with Gasteiger partial charge in [0.2, 0.25) is 0 Å². The first kappa shape index (κ1) is 21.0. The molecule has 0 fully saturated rings. The molecular weight excluding hydrogens is 435 g/mol. The van der Waals surface area contributed by atoms with Crippen molar-refractivity contribution in [2.24, 2.45) is 0 Å². The van der Waals surface area contributed by atoms with Crippen molar-refractivity contribution >= 4 is 29.3 Å². The van der Waals surface area contributed by atoms with E-state index in [0.29, 0.717) is 0 Å². The topological polar surface area (TPSA) is 0 Å². The molecule has 0 nitrogen and oxygen atoms in total. The van der Waals surface area contributed by atoms with Gasteiger partial charge in [-0.15, -0.1) is 0 Å².